The molecule has 106 valence electrons. The van der Waals surface area contributed by atoms with Crippen molar-refractivity contribution < 1.29 is 4.39 Å². The molecule has 1 aliphatic heterocycles. The molecular formula is C16H25FN2. The van der Waals surface area contributed by atoms with Gasteiger partial charge in [-0.3, -0.25) is 0 Å². The number of piperidine rings is 1. The summed E-state index contributed by atoms with van der Waals surface area (Å²) in [6, 6.07) is 7.72. The second-order valence-electron chi connectivity index (χ2n) is 5.92. The van der Waals surface area contributed by atoms with Crippen molar-refractivity contribution in [3.63, 3.8) is 0 Å². The fraction of sp³-hybridized carbons (Fsp3) is 0.625. The lowest BCUT2D eigenvalue weighted by molar-refractivity contribution is 0.132. The van der Waals surface area contributed by atoms with Gasteiger partial charge in [0.2, 0.25) is 0 Å². The van der Waals surface area contributed by atoms with E-state index in [2.05, 4.69) is 18.7 Å². The standard InChI is InChI=1S/C16H25FN2/c1-12(10-14-4-3-5-16(17)11-14)19-8-6-15(7-9-19)13(2)18/h3-5,11-13,15H,6-10,18H2,1-2H3. The van der Waals surface area contributed by atoms with Gasteiger partial charge in [0.1, 0.15) is 5.82 Å². The summed E-state index contributed by atoms with van der Waals surface area (Å²) in [6.45, 7) is 6.57. The molecule has 2 unspecified atom stereocenters. The lowest BCUT2D eigenvalue weighted by Gasteiger charge is -2.37. The smallest absolute Gasteiger partial charge is 0.123 e. The molecule has 2 nitrogen and oxygen atoms in total. The van der Waals surface area contributed by atoms with Crippen molar-refractivity contribution in [1.82, 2.24) is 4.90 Å². The molecule has 1 fully saturated rings. The van der Waals surface area contributed by atoms with E-state index in [4.69, 9.17) is 5.73 Å². The number of halogens is 1. The van der Waals surface area contributed by atoms with Crippen molar-refractivity contribution in [3.05, 3.63) is 35.6 Å². The molecule has 1 heterocycles. The Balaban J connectivity index is 1.86. The number of nitrogens with zero attached hydrogens (tertiary/aromatic N) is 1. The molecule has 2 rings (SSSR count). The number of likely N-dealkylation sites (tertiary alicyclic amines) is 1. The Morgan fingerprint density at radius 1 is 1.32 bits per heavy atom. The Morgan fingerprint density at radius 3 is 2.58 bits per heavy atom. The Labute approximate surface area is 115 Å². The van der Waals surface area contributed by atoms with Crippen molar-refractivity contribution in [2.75, 3.05) is 13.1 Å². The van der Waals surface area contributed by atoms with Gasteiger partial charge in [0.15, 0.2) is 0 Å². The summed E-state index contributed by atoms with van der Waals surface area (Å²) < 4.78 is 13.2. The van der Waals surface area contributed by atoms with Crippen LogP contribution in [0.25, 0.3) is 0 Å². The van der Waals surface area contributed by atoms with E-state index in [0.717, 1.165) is 25.1 Å². The zero-order valence-electron chi connectivity index (χ0n) is 12.0. The van der Waals surface area contributed by atoms with Crippen molar-refractivity contribution >= 4 is 0 Å². The second kappa shape index (κ2) is 6.49. The number of benzene rings is 1. The lowest BCUT2D eigenvalue weighted by atomic mass is 9.90. The van der Waals surface area contributed by atoms with Gasteiger partial charge in [-0.2, -0.15) is 0 Å². The molecular weight excluding hydrogens is 239 g/mol. The van der Waals surface area contributed by atoms with E-state index in [-0.39, 0.29) is 5.82 Å². The minimum absolute atomic E-state index is 0.139. The molecule has 0 amide bonds. The molecule has 1 aromatic rings. The Hall–Kier alpha value is -0.930. The third-order valence-electron chi connectivity index (χ3n) is 4.36. The van der Waals surface area contributed by atoms with Gasteiger partial charge in [-0.1, -0.05) is 12.1 Å². The molecule has 0 spiro atoms. The fourth-order valence-corrected chi connectivity index (χ4v) is 3.02. The average molecular weight is 264 g/mol. The first-order valence-corrected chi connectivity index (χ1v) is 7.30. The second-order valence-corrected chi connectivity index (χ2v) is 5.92. The van der Waals surface area contributed by atoms with Crippen molar-refractivity contribution in [2.45, 2.75) is 45.2 Å². The molecule has 0 bridgehead atoms. The van der Waals surface area contributed by atoms with Crippen molar-refractivity contribution in [1.29, 1.82) is 0 Å². The van der Waals surface area contributed by atoms with Crippen LogP contribution in [0.1, 0.15) is 32.3 Å². The van der Waals surface area contributed by atoms with E-state index in [0.29, 0.717) is 18.0 Å². The van der Waals surface area contributed by atoms with E-state index < -0.39 is 0 Å². The minimum Gasteiger partial charge on any atom is -0.328 e. The minimum atomic E-state index is -0.139. The quantitative estimate of drug-likeness (QED) is 0.906. The molecule has 1 aromatic carbocycles. The summed E-state index contributed by atoms with van der Waals surface area (Å²) in [5.41, 5.74) is 7.05. The third-order valence-corrected chi connectivity index (χ3v) is 4.36. The predicted molar refractivity (Wildman–Crippen MR) is 77.5 cm³/mol. The van der Waals surface area contributed by atoms with Crippen LogP contribution in [-0.4, -0.2) is 30.1 Å². The summed E-state index contributed by atoms with van der Waals surface area (Å²) in [6.07, 6.45) is 3.29. The predicted octanol–water partition coefficient (Wildman–Crippen LogP) is 2.82. The first-order valence-electron chi connectivity index (χ1n) is 7.30. The third kappa shape index (κ3) is 4.02. The molecule has 0 saturated carbocycles. The van der Waals surface area contributed by atoms with Gasteiger partial charge in [-0.25, -0.2) is 4.39 Å². The van der Waals surface area contributed by atoms with Crippen LogP contribution in [0, 0.1) is 11.7 Å². The number of hydrogen-bond donors (Lipinski definition) is 1. The Kier molecular flexibility index (Phi) is 4.94. The van der Waals surface area contributed by atoms with Crippen LogP contribution in [0.4, 0.5) is 4.39 Å². The van der Waals surface area contributed by atoms with E-state index in [1.165, 1.54) is 18.9 Å². The zero-order valence-corrected chi connectivity index (χ0v) is 12.0. The van der Waals surface area contributed by atoms with E-state index >= 15 is 0 Å². The maximum Gasteiger partial charge on any atom is 0.123 e. The van der Waals surface area contributed by atoms with Gasteiger partial charge in [-0.05, 0) is 69.8 Å². The molecule has 19 heavy (non-hydrogen) atoms. The van der Waals surface area contributed by atoms with Crippen LogP contribution in [0.2, 0.25) is 0 Å². The topological polar surface area (TPSA) is 29.3 Å². The molecule has 1 aliphatic rings. The maximum atomic E-state index is 13.2. The van der Waals surface area contributed by atoms with E-state index in [9.17, 15) is 4.39 Å². The fourth-order valence-electron chi connectivity index (χ4n) is 3.02. The Bertz CT molecular complexity index is 397. The molecule has 0 aromatic heterocycles. The molecule has 2 N–H and O–H groups in total. The van der Waals surface area contributed by atoms with Crippen LogP contribution >= 0.6 is 0 Å². The van der Waals surface area contributed by atoms with Gasteiger partial charge >= 0.3 is 0 Å². The van der Waals surface area contributed by atoms with E-state index in [1.54, 1.807) is 12.1 Å². The van der Waals surface area contributed by atoms with Gasteiger partial charge in [0, 0.05) is 12.1 Å². The molecule has 0 radical (unpaired) electrons. The van der Waals surface area contributed by atoms with Gasteiger partial charge in [-0.15, -0.1) is 0 Å². The van der Waals surface area contributed by atoms with Crippen LogP contribution in [0.3, 0.4) is 0 Å². The highest BCUT2D eigenvalue weighted by Gasteiger charge is 2.24. The summed E-state index contributed by atoms with van der Waals surface area (Å²) in [7, 11) is 0. The summed E-state index contributed by atoms with van der Waals surface area (Å²) in [5, 5.41) is 0. The van der Waals surface area contributed by atoms with Crippen LogP contribution in [0.15, 0.2) is 24.3 Å². The maximum absolute atomic E-state index is 13.2. The highest BCUT2D eigenvalue weighted by molar-refractivity contribution is 5.17. The normalized spacial score (nSPS) is 21.3. The van der Waals surface area contributed by atoms with Crippen LogP contribution in [0.5, 0.6) is 0 Å². The number of nitrogens with two attached hydrogens (primary N) is 1. The van der Waals surface area contributed by atoms with Crippen LogP contribution < -0.4 is 5.73 Å². The first kappa shape index (κ1) is 14.5. The number of hydrogen-bond acceptors (Lipinski definition) is 2. The zero-order chi connectivity index (χ0) is 13.8. The lowest BCUT2D eigenvalue weighted by Crippen LogP contribution is -2.44. The van der Waals surface area contributed by atoms with Crippen molar-refractivity contribution in [3.8, 4) is 0 Å². The molecule has 3 heteroatoms. The van der Waals surface area contributed by atoms with Gasteiger partial charge in [0.05, 0.1) is 0 Å². The first-order chi connectivity index (χ1) is 9.06. The highest BCUT2D eigenvalue weighted by atomic mass is 19.1. The molecule has 2 atom stereocenters. The molecule has 0 aliphatic carbocycles. The average Bonchev–Trinajstić information content (AvgIpc) is 2.39. The van der Waals surface area contributed by atoms with Crippen LogP contribution in [-0.2, 0) is 6.42 Å². The van der Waals surface area contributed by atoms with Crippen molar-refractivity contribution in [2.24, 2.45) is 11.7 Å². The summed E-state index contributed by atoms with van der Waals surface area (Å²) >= 11 is 0. The molecule has 1 saturated heterocycles. The van der Waals surface area contributed by atoms with E-state index in [1.807, 2.05) is 6.07 Å². The summed E-state index contributed by atoms with van der Waals surface area (Å²) in [5.74, 6) is 0.526. The summed E-state index contributed by atoms with van der Waals surface area (Å²) in [4.78, 5) is 2.50. The monoisotopic (exact) mass is 264 g/mol. The van der Waals surface area contributed by atoms with Gasteiger partial charge < -0.3 is 10.6 Å². The number of rotatable bonds is 4. The SMILES string of the molecule is CC(N)C1CCN(C(C)Cc2cccc(F)c2)CC1. The largest absolute Gasteiger partial charge is 0.328 e. The Morgan fingerprint density at radius 2 is 2.00 bits per heavy atom. The van der Waals surface area contributed by atoms with Gasteiger partial charge in [0.25, 0.3) is 0 Å². The highest BCUT2D eigenvalue weighted by Crippen LogP contribution is 2.22.